The van der Waals surface area contributed by atoms with Crippen LogP contribution in [-0.4, -0.2) is 23.1 Å². The van der Waals surface area contributed by atoms with Crippen molar-refractivity contribution in [3.8, 4) is 10.6 Å². The molecule has 3 rings (SSSR count). The summed E-state index contributed by atoms with van der Waals surface area (Å²) in [6, 6.07) is 3.75. The van der Waals surface area contributed by atoms with Crippen molar-refractivity contribution in [2.45, 2.75) is 13.0 Å². The van der Waals surface area contributed by atoms with Crippen LogP contribution in [0.1, 0.15) is 20.9 Å². The summed E-state index contributed by atoms with van der Waals surface area (Å²) < 4.78 is 5.42. The lowest BCUT2D eigenvalue weighted by atomic mass is 10.1. The van der Waals surface area contributed by atoms with E-state index in [-0.39, 0.29) is 0 Å². The zero-order valence-electron chi connectivity index (χ0n) is 8.53. The molecule has 0 radical (unpaired) electrons. The quantitative estimate of drug-likeness (QED) is 0.809. The molecule has 16 heavy (non-hydrogen) atoms. The summed E-state index contributed by atoms with van der Waals surface area (Å²) in [5, 5.41) is 7.35. The molecule has 0 aromatic carbocycles. The molecule has 0 fully saturated rings. The molecule has 0 aliphatic carbocycles. The van der Waals surface area contributed by atoms with Crippen LogP contribution in [0.3, 0.4) is 0 Å². The Morgan fingerprint density at radius 1 is 1.50 bits per heavy atom. The number of hydrogen-bond acceptors (Lipinski definition) is 4. The lowest BCUT2D eigenvalue weighted by Gasteiger charge is -2.11. The van der Waals surface area contributed by atoms with Crippen LogP contribution in [0.15, 0.2) is 12.1 Å². The van der Waals surface area contributed by atoms with E-state index in [0.29, 0.717) is 6.61 Å². The molecule has 5 heteroatoms. The second-order valence-corrected chi connectivity index (χ2v) is 4.77. The van der Waals surface area contributed by atoms with Crippen molar-refractivity contribution < 1.29 is 9.53 Å². The predicted octanol–water partition coefficient (Wildman–Crippen LogP) is 2.02. The SMILES string of the molecule is O=Cc1ccc(-c2n[nH]c3c2COCC3)s1. The minimum atomic E-state index is 0.607. The van der Waals surface area contributed by atoms with Gasteiger partial charge < -0.3 is 4.74 Å². The number of H-pyrrole nitrogens is 1. The maximum Gasteiger partial charge on any atom is 0.160 e. The van der Waals surface area contributed by atoms with Gasteiger partial charge in [-0.2, -0.15) is 5.10 Å². The van der Waals surface area contributed by atoms with Crippen LogP contribution < -0.4 is 0 Å². The summed E-state index contributed by atoms with van der Waals surface area (Å²) in [7, 11) is 0. The van der Waals surface area contributed by atoms with E-state index in [1.165, 1.54) is 11.3 Å². The van der Waals surface area contributed by atoms with Gasteiger partial charge in [0.1, 0.15) is 5.69 Å². The first-order valence-electron chi connectivity index (χ1n) is 5.07. The monoisotopic (exact) mass is 234 g/mol. The summed E-state index contributed by atoms with van der Waals surface area (Å²) in [5.74, 6) is 0. The topological polar surface area (TPSA) is 55.0 Å². The lowest BCUT2D eigenvalue weighted by molar-refractivity contribution is 0.110. The molecule has 0 atom stereocenters. The Bertz CT molecular complexity index is 530. The van der Waals surface area contributed by atoms with Gasteiger partial charge in [0.05, 0.1) is 23.0 Å². The fourth-order valence-corrected chi connectivity index (χ4v) is 2.70. The third-order valence-corrected chi connectivity index (χ3v) is 3.69. The van der Waals surface area contributed by atoms with Gasteiger partial charge in [0.2, 0.25) is 0 Å². The molecule has 2 aromatic heterocycles. The summed E-state index contributed by atoms with van der Waals surface area (Å²) in [4.78, 5) is 12.4. The second-order valence-electron chi connectivity index (χ2n) is 3.65. The largest absolute Gasteiger partial charge is 0.376 e. The van der Waals surface area contributed by atoms with Gasteiger partial charge in [-0.25, -0.2) is 0 Å². The van der Waals surface area contributed by atoms with Crippen LogP contribution in [-0.2, 0) is 17.8 Å². The van der Waals surface area contributed by atoms with Gasteiger partial charge in [-0.05, 0) is 12.1 Å². The van der Waals surface area contributed by atoms with Crippen molar-refractivity contribution in [3.05, 3.63) is 28.3 Å². The van der Waals surface area contributed by atoms with E-state index in [0.717, 1.165) is 46.0 Å². The Kier molecular flexibility index (Phi) is 2.34. The van der Waals surface area contributed by atoms with Crippen molar-refractivity contribution in [2.24, 2.45) is 0 Å². The molecule has 2 aromatic rings. The average molecular weight is 234 g/mol. The number of carbonyl (C=O) groups excluding carboxylic acids is 1. The molecule has 0 spiro atoms. The number of aromatic amines is 1. The fourth-order valence-electron chi connectivity index (χ4n) is 1.86. The molecular weight excluding hydrogens is 224 g/mol. The maximum atomic E-state index is 10.6. The third kappa shape index (κ3) is 1.48. The van der Waals surface area contributed by atoms with Gasteiger partial charge in [-0.15, -0.1) is 11.3 Å². The maximum absolute atomic E-state index is 10.6. The number of fused-ring (bicyclic) bond motifs is 1. The van der Waals surface area contributed by atoms with Crippen LogP contribution in [0, 0.1) is 0 Å². The normalized spacial score (nSPS) is 14.8. The molecule has 4 nitrogen and oxygen atoms in total. The summed E-state index contributed by atoms with van der Waals surface area (Å²) in [6.07, 6.45) is 1.75. The van der Waals surface area contributed by atoms with Crippen LogP contribution in [0.5, 0.6) is 0 Å². The highest BCUT2D eigenvalue weighted by atomic mass is 32.1. The fraction of sp³-hybridized carbons (Fsp3) is 0.273. The number of aldehydes is 1. The number of thiophene rings is 1. The summed E-state index contributed by atoms with van der Waals surface area (Å²) in [5.41, 5.74) is 3.21. The number of carbonyl (C=O) groups is 1. The van der Waals surface area contributed by atoms with E-state index in [4.69, 9.17) is 4.74 Å². The van der Waals surface area contributed by atoms with Gasteiger partial charge in [-0.3, -0.25) is 9.89 Å². The van der Waals surface area contributed by atoms with Crippen molar-refractivity contribution >= 4 is 17.6 Å². The Hall–Kier alpha value is -1.46. The van der Waals surface area contributed by atoms with E-state index >= 15 is 0 Å². The zero-order chi connectivity index (χ0) is 11.0. The van der Waals surface area contributed by atoms with Gasteiger partial charge in [-0.1, -0.05) is 0 Å². The first kappa shape index (κ1) is 9.74. The van der Waals surface area contributed by atoms with Gasteiger partial charge in [0.25, 0.3) is 0 Å². The number of nitrogens with zero attached hydrogens (tertiary/aromatic N) is 1. The van der Waals surface area contributed by atoms with Crippen molar-refractivity contribution in [2.75, 3.05) is 6.61 Å². The van der Waals surface area contributed by atoms with Crippen LogP contribution in [0.2, 0.25) is 0 Å². The number of nitrogens with one attached hydrogen (secondary N) is 1. The standard InChI is InChI=1S/C11H10N2O2S/c14-5-7-1-2-10(16-7)11-8-6-15-4-3-9(8)12-13-11/h1-2,5H,3-4,6H2,(H,12,13). The van der Waals surface area contributed by atoms with E-state index in [2.05, 4.69) is 10.2 Å². The molecule has 1 aliphatic rings. The molecule has 0 bridgehead atoms. The van der Waals surface area contributed by atoms with Crippen molar-refractivity contribution in [3.63, 3.8) is 0 Å². The van der Waals surface area contributed by atoms with Crippen LogP contribution in [0.4, 0.5) is 0 Å². The molecule has 0 saturated carbocycles. The summed E-state index contributed by atoms with van der Waals surface area (Å²) in [6.45, 7) is 1.36. The molecule has 1 aliphatic heterocycles. The first-order valence-corrected chi connectivity index (χ1v) is 5.89. The molecular formula is C11H10N2O2S. The minimum Gasteiger partial charge on any atom is -0.376 e. The number of ether oxygens (including phenoxy) is 1. The Labute approximate surface area is 96.3 Å². The zero-order valence-corrected chi connectivity index (χ0v) is 9.34. The highest BCUT2D eigenvalue weighted by Crippen LogP contribution is 2.31. The molecule has 1 N–H and O–H groups in total. The van der Waals surface area contributed by atoms with Gasteiger partial charge in [0.15, 0.2) is 6.29 Å². The highest BCUT2D eigenvalue weighted by molar-refractivity contribution is 7.17. The third-order valence-electron chi connectivity index (χ3n) is 2.67. The van der Waals surface area contributed by atoms with Crippen LogP contribution >= 0.6 is 11.3 Å². The average Bonchev–Trinajstić information content (AvgIpc) is 2.94. The lowest BCUT2D eigenvalue weighted by Crippen LogP contribution is -2.08. The number of hydrogen-bond donors (Lipinski definition) is 1. The smallest absolute Gasteiger partial charge is 0.160 e. The predicted molar refractivity (Wildman–Crippen MR) is 60.6 cm³/mol. The van der Waals surface area contributed by atoms with Crippen molar-refractivity contribution in [1.29, 1.82) is 0 Å². The molecule has 0 amide bonds. The summed E-state index contributed by atoms with van der Waals surface area (Å²) >= 11 is 1.46. The second kappa shape index (κ2) is 3.84. The van der Waals surface area contributed by atoms with E-state index < -0.39 is 0 Å². The Morgan fingerprint density at radius 3 is 3.25 bits per heavy atom. The molecule has 0 unspecified atom stereocenters. The van der Waals surface area contributed by atoms with Gasteiger partial charge in [0, 0.05) is 17.7 Å². The molecule has 82 valence electrons. The van der Waals surface area contributed by atoms with Crippen molar-refractivity contribution in [1.82, 2.24) is 10.2 Å². The van der Waals surface area contributed by atoms with E-state index in [1.807, 2.05) is 12.1 Å². The van der Waals surface area contributed by atoms with Crippen LogP contribution in [0.25, 0.3) is 10.6 Å². The Balaban J connectivity index is 2.05. The first-order chi connectivity index (χ1) is 7.88. The van der Waals surface area contributed by atoms with E-state index in [1.54, 1.807) is 0 Å². The number of rotatable bonds is 2. The van der Waals surface area contributed by atoms with E-state index in [9.17, 15) is 4.79 Å². The number of aromatic nitrogens is 2. The molecule has 3 heterocycles. The Morgan fingerprint density at radius 2 is 2.44 bits per heavy atom. The van der Waals surface area contributed by atoms with Gasteiger partial charge >= 0.3 is 0 Å². The minimum absolute atomic E-state index is 0.607. The molecule has 0 saturated heterocycles. The highest BCUT2D eigenvalue weighted by Gasteiger charge is 2.19.